The van der Waals surface area contributed by atoms with Crippen LogP contribution in [-0.2, 0) is 21.3 Å². The lowest BCUT2D eigenvalue weighted by atomic mass is 10.1. The van der Waals surface area contributed by atoms with Crippen molar-refractivity contribution in [2.45, 2.75) is 51.7 Å². The molecule has 1 heterocycles. The fourth-order valence-electron chi connectivity index (χ4n) is 3.40. The van der Waals surface area contributed by atoms with Crippen LogP contribution in [-0.4, -0.2) is 39.0 Å². The van der Waals surface area contributed by atoms with Crippen molar-refractivity contribution in [1.29, 1.82) is 0 Å². The Hall–Kier alpha value is -2.32. The third-order valence-corrected chi connectivity index (χ3v) is 6.82. The van der Waals surface area contributed by atoms with Crippen LogP contribution >= 0.6 is 0 Å². The lowest BCUT2D eigenvalue weighted by Gasteiger charge is -2.37. The number of anilines is 3. The van der Waals surface area contributed by atoms with Crippen molar-refractivity contribution in [3.8, 4) is 0 Å². The van der Waals surface area contributed by atoms with Crippen molar-refractivity contribution >= 4 is 27.1 Å². The standard InChI is InChI=1S/C22H30FN3O3S/c1-15(2)30(27,28)25-19-7-5-18(6-8-19)12-24-22-10-9-20(11-21(22)23)26-13-16(3)29-17(4)14-26/h5-11,15-17,24-25H,12-14H2,1-4H3. The smallest absolute Gasteiger partial charge is 0.235 e. The van der Waals surface area contributed by atoms with Gasteiger partial charge in [-0.25, -0.2) is 12.8 Å². The van der Waals surface area contributed by atoms with Gasteiger partial charge in [0.2, 0.25) is 10.0 Å². The lowest BCUT2D eigenvalue weighted by molar-refractivity contribution is -0.00523. The maximum absolute atomic E-state index is 14.6. The zero-order valence-corrected chi connectivity index (χ0v) is 18.7. The first-order valence-corrected chi connectivity index (χ1v) is 11.7. The maximum atomic E-state index is 14.6. The van der Waals surface area contributed by atoms with Crippen LogP contribution in [0.4, 0.5) is 21.5 Å². The van der Waals surface area contributed by atoms with Gasteiger partial charge in [-0.3, -0.25) is 4.72 Å². The highest BCUT2D eigenvalue weighted by Gasteiger charge is 2.23. The zero-order chi connectivity index (χ0) is 21.9. The van der Waals surface area contributed by atoms with Gasteiger partial charge in [0.1, 0.15) is 5.82 Å². The molecule has 1 fully saturated rings. The Morgan fingerprint density at radius 1 is 1.10 bits per heavy atom. The van der Waals surface area contributed by atoms with E-state index in [4.69, 9.17) is 4.74 Å². The lowest BCUT2D eigenvalue weighted by Crippen LogP contribution is -2.45. The fraction of sp³-hybridized carbons (Fsp3) is 0.455. The van der Waals surface area contributed by atoms with Gasteiger partial charge < -0.3 is 15.0 Å². The molecule has 0 amide bonds. The van der Waals surface area contributed by atoms with Crippen molar-refractivity contribution in [1.82, 2.24) is 0 Å². The molecule has 6 nitrogen and oxygen atoms in total. The number of hydrogen-bond acceptors (Lipinski definition) is 5. The summed E-state index contributed by atoms with van der Waals surface area (Å²) in [6.07, 6.45) is 0.227. The average molecular weight is 436 g/mol. The number of rotatable bonds is 7. The van der Waals surface area contributed by atoms with Gasteiger partial charge in [0.25, 0.3) is 0 Å². The van der Waals surface area contributed by atoms with Crippen molar-refractivity contribution in [2.24, 2.45) is 0 Å². The predicted molar refractivity (Wildman–Crippen MR) is 120 cm³/mol. The van der Waals surface area contributed by atoms with E-state index in [1.807, 2.05) is 32.0 Å². The number of halogens is 1. The Balaban J connectivity index is 1.61. The average Bonchev–Trinajstić information content (AvgIpc) is 2.67. The molecule has 2 atom stereocenters. The SMILES string of the molecule is CC1CN(c2ccc(NCc3ccc(NS(=O)(=O)C(C)C)cc3)c(F)c2)CC(C)O1. The molecule has 164 valence electrons. The quantitative estimate of drug-likeness (QED) is 0.682. The molecule has 1 aliphatic rings. The van der Waals surface area contributed by atoms with E-state index in [0.717, 1.165) is 24.3 Å². The van der Waals surface area contributed by atoms with Crippen LogP contribution in [0.5, 0.6) is 0 Å². The summed E-state index contributed by atoms with van der Waals surface area (Å²) in [6, 6.07) is 12.3. The normalized spacial score (nSPS) is 19.7. The molecule has 30 heavy (non-hydrogen) atoms. The van der Waals surface area contributed by atoms with Gasteiger partial charge in [-0.1, -0.05) is 12.1 Å². The molecule has 2 aromatic carbocycles. The molecule has 0 aromatic heterocycles. The summed E-state index contributed by atoms with van der Waals surface area (Å²) in [5, 5.41) is 2.60. The number of nitrogens with zero attached hydrogens (tertiary/aromatic N) is 1. The maximum Gasteiger partial charge on any atom is 0.235 e. The Labute approximate surface area is 178 Å². The molecule has 0 saturated carbocycles. The summed E-state index contributed by atoms with van der Waals surface area (Å²) < 4.78 is 46.8. The monoisotopic (exact) mass is 435 g/mol. The molecule has 0 bridgehead atoms. The van der Waals surface area contributed by atoms with Crippen molar-refractivity contribution in [3.63, 3.8) is 0 Å². The number of benzene rings is 2. The van der Waals surface area contributed by atoms with Crippen LogP contribution in [0.2, 0.25) is 0 Å². The topological polar surface area (TPSA) is 70.7 Å². The van der Waals surface area contributed by atoms with E-state index >= 15 is 0 Å². The molecule has 0 spiro atoms. The highest BCUT2D eigenvalue weighted by atomic mass is 32.2. The van der Waals surface area contributed by atoms with E-state index in [2.05, 4.69) is 14.9 Å². The fourth-order valence-corrected chi connectivity index (χ4v) is 4.10. The van der Waals surface area contributed by atoms with Gasteiger partial charge in [0.05, 0.1) is 23.1 Å². The van der Waals surface area contributed by atoms with E-state index in [1.165, 1.54) is 0 Å². The molecule has 0 radical (unpaired) electrons. The summed E-state index contributed by atoms with van der Waals surface area (Å²) >= 11 is 0. The Morgan fingerprint density at radius 2 is 1.73 bits per heavy atom. The Bertz CT molecular complexity index is 954. The predicted octanol–water partition coefficient (Wildman–Crippen LogP) is 4.20. The molecular weight excluding hydrogens is 405 g/mol. The first-order valence-electron chi connectivity index (χ1n) is 10.2. The van der Waals surface area contributed by atoms with E-state index in [-0.39, 0.29) is 18.0 Å². The van der Waals surface area contributed by atoms with Crippen molar-refractivity contribution in [3.05, 3.63) is 53.8 Å². The van der Waals surface area contributed by atoms with Crippen molar-refractivity contribution in [2.75, 3.05) is 28.0 Å². The van der Waals surface area contributed by atoms with Crippen LogP contribution in [0.25, 0.3) is 0 Å². The van der Waals surface area contributed by atoms with E-state index in [9.17, 15) is 12.8 Å². The first-order chi connectivity index (χ1) is 14.1. The molecular formula is C22H30FN3O3S. The number of sulfonamides is 1. The van der Waals surface area contributed by atoms with E-state index in [1.54, 1.807) is 38.1 Å². The number of nitrogens with one attached hydrogen (secondary N) is 2. The van der Waals surface area contributed by atoms with Crippen LogP contribution in [0.15, 0.2) is 42.5 Å². The van der Waals surface area contributed by atoms with Crippen LogP contribution in [0, 0.1) is 5.82 Å². The molecule has 3 rings (SSSR count). The molecule has 2 unspecified atom stereocenters. The summed E-state index contributed by atoms with van der Waals surface area (Å²) in [6.45, 7) is 9.20. The summed E-state index contributed by atoms with van der Waals surface area (Å²) in [5.41, 5.74) is 2.71. The largest absolute Gasteiger partial charge is 0.379 e. The number of morpholine rings is 1. The minimum atomic E-state index is -3.37. The first kappa shape index (κ1) is 22.4. The van der Waals surface area contributed by atoms with Gasteiger partial charge in [0, 0.05) is 31.0 Å². The summed E-state index contributed by atoms with van der Waals surface area (Å²) in [4.78, 5) is 2.14. The zero-order valence-electron chi connectivity index (χ0n) is 17.9. The molecule has 0 aliphatic carbocycles. The molecule has 1 aliphatic heterocycles. The van der Waals surface area contributed by atoms with Gasteiger partial charge in [-0.05, 0) is 63.6 Å². The number of ether oxygens (including phenoxy) is 1. The van der Waals surface area contributed by atoms with E-state index in [0.29, 0.717) is 17.9 Å². The molecule has 2 aromatic rings. The third-order valence-electron chi connectivity index (χ3n) is 5.06. The second kappa shape index (κ2) is 9.22. The third kappa shape index (κ3) is 5.64. The van der Waals surface area contributed by atoms with Gasteiger partial charge in [-0.2, -0.15) is 0 Å². The highest BCUT2D eigenvalue weighted by Crippen LogP contribution is 2.25. The second-order valence-corrected chi connectivity index (χ2v) is 10.3. The number of hydrogen-bond donors (Lipinski definition) is 2. The minimum Gasteiger partial charge on any atom is -0.379 e. The van der Waals surface area contributed by atoms with Gasteiger partial charge >= 0.3 is 0 Å². The second-order valence-electron chi connectivity index (χ2n) is 8.07. The minimum absolute atomic E-state index is 0.114. The summed E-state index contributed by atoms with van der Waals surface area (Å²) in [5.74, 6) is -0.305. The van der Waals surface area contributed by atoms with Crippen LogP contribution in [0.3, 0.4) is 0 Å². The van der Waals surface area contributed by atoms with Gasteiger partial charge in [0.15, 0.2) is 0 Å². The van der Waals surface area contributed by atoms with Gasteiger partial charge in [-0.15, -0.1) is 0 Å². The van der Waals surface area contributed by atoms with E-state index < -0.39 is 15.3 Å². The Morgan fingerprint density at radius 3 is 2.30 bits per heavy atom. The molecule has 2 N–H and O–H groups in total. The van der Waals surface area contributed by atoms with Crippen LogP contribution in [0.1, 0.15) is 33.3 Å². The summed E-state index contributed by atoms with van der Waals surface area (Å²) in [7, 11) is -3.37. The van der Waals surface area contributed by atoms with Crippen LogP contribution < -0.4 is 14.9 Å². The molecule has 8 heteroatoms. The van der Waals surface area contributed by atoms with Crippen molar-refractivity contribution < 1.29 is 17.5 Å². The Kier molecular flexibility index (Phi) is 6.88. The highest BCUT2D eigenvalue weighted by molar-refractivity contribution is 7.93. The molecule has 1 saturated heterocycles.